The molecule has 0 radical (unpaired) electrons. The van der Waals surface area contributed by atoms with Crippen LogP contribution in [-0.4, -0.2) is 38.2 Å². The highest BCUT2D eigenvalue weighted by Gasteiger charge is 2.33. The summed E-state index contributed by atoms with van der Waals surface area (Å²) in [5.74, 6) is 1.15. The third-order valence-corrected chi connectivity index (χ3v) is 4.48. The van der Waals surface area contributed by atoms with Crippen molar-refractivity contribution in [3.8, 4) is 0 Å². The van der Waals surface area contributed by atoms with E-state index in [9.17, 15) is 9.59 Å². The number of rotatable bonds is 2. The van der Waals surface area contributed by atoms with Crippen LogP contribution in [0.4, 0.5) is 5.82 Å². The highest BCUT2D eigenvalue weighted by Crippen LogP contribution is 2.32. The Bertz CT molecular complexity index is 756. The van der Waals surface area contributed by atoms with Crippen LogP contribution in [0.25, 0.3) is 0 Å². The first-order valence-corrected chi connectivity index (χ1v) is 7.82. The van der Waals surface area contributed by atoms with Gasteiger partial charge < -0.3 is 15.2 Å². The molecule has 1 fully saturated rings. The highest BCUT2D eigenvalue weighted by atomic mass is 16.2. The monoisotopic (exact) mass is 311 g/mol. The Morgan fingerprint density at radius 1 is 1.26 bits per heavy atom. The van der Waals surface area contributed by atoms with Crippen LogP contribution in [0.5, 0.6) is 0 Å². The Kier molecular flexibility index (Phi) is 3.33. The second kappa shape index (κ2) is 5.49. The van der Waals surface area contributed by atoms with Crippen LogP contribution in [0.3, 0.4) is 0 Å². The molecule has 2 amide bonds. The van der Waals surface area contributed by atoms with Crippen molar-refractivity contribution in [2.75, 3.05) is 11.9 Å². The molecule has 0 aromatic carbocycles. The lowest BCUT2D eigenvalue weighted by Gasteiger charge is -2.35. The van der Waals surface area contributed by atoms with Gasteiger partial charge in [0, 0.05) is 36.3 Å². The Morgan fingerprint density at radius 2 is 2.17 bits per heavy atom. The summed E-state index contributed by atoms with van der Waals surface area (Å²) in [4.78, 5) is 38.1. The van der Waals surface area contributed by atoms with Gasteiger partial charge in [-0.3, -0.25) is 9.59 Å². The molecule has 7 nitrogen and oxygen atoms in total. The number of anilines is 1. The summed E-state index contributed by atoms with van der Waals surface area (Å²) in [5, 5.41) is 2.70. The van der Waals surface area contributed by atoms with Gasteiger partial charge in [-0.25, -0.2) is 9.97 Å². The minimum atomic E-state index is -0.117. The van der Waals surface area contributed by atoms with Crippen molar-refractivity contribution in [3.05, 3.63) is 41.6 Å². The molecule has 4 heterocycles. The summed E-state index contributed by atoms with van der Waals surface area (Å²) < 4.78 is 0. The predicted molar refractivity (Wildman–Crippen MR) is 82.8 cm³/mol. The molecule has 2 N–H and O–H groups in total. The van der Waals surface area contributed by atoms with Crippen LogP contribution in [0.1, 0.15) is 47.1 Å². The molecule has 2 aliphatic rings. The molecule has 1 unspecified atom stereocenters. The SMILES string of the molecule is O=C1Cc2c(C(=O)N3CCCCC3c3ncc[nH]3)ccnc2N1. The van der Waals surface area contributed by atoms with Crippen molar-refractivity contribution in [3.63, 3.8) is 0 Å². The molecule has 1 saturated heterocycles. The number of hydrogen-bond acceptors (Lipinski definition) is 4. The van der Waals surface area contributed by atoms with E-state index < -0.39 is 0 Å². The number of carbonyl (C=O) groups is 2. The molecule has 0 spiro atoms. The number of nitrogens with one attached hydrogen (secondary N) is 2. The zero-order valence-electron chi connectivity index (χ0n) is 12.6. The summed E-state index contributed by atoms with van der Waals surface area (Å²) in [5.41, 5.74) is 1.26. The van der Waals surface area contributed by atoms with Crippen LogP contribution in [0.2, 0.25) is 0 Å². The predicted octanol–water partition coefficient (Wildman–Crippen LogP) is 1.67. The van der Waals surface area contributed by atoms with Crippen molar-refractivity contribution in [2.24, 2.45) is 0 Å². The van der Waals surface area contributed by atoms with Gasteiger partial charge in [0.15, 0.2) is 0 Å². The minimum absolute atomic E-state index is 0.0415. The zero-order valence-corrected chi connectivity index (χ0v) is 12.6. The number of piperidine rings is 1. The van der Waals surface area contributed by atoms with Crippen LogP contribution in [-0.2, 0) is 11.2 Å². The lowest BCUT2D eigenvalue weighted by Crippen LogP contribution is -2.39. The molecule has 2 aromatic rings. The van der Waals surface area contributed by atoms with E-state index in [0.717, 1.165) is 25.1 Å². The van der Waals surface area contributed by atoms with Gasteiger partial charge in [-0.1, -0.05) is 0 Å². The van der Waals surface area contributed by atoms with E-state index >= 15 is 0 Å². The average molecular weight is 311 g/mol. The van der Waals surface area contributed by atoms with E-state index in [1.165, 1.54) is 0 Å². The second-order valence-corrected chi connectivity index (χ2v) is 5.90. The van der Waals surface area contributed by atoms with Gasteiger partial charge in [0.1, 0.15) is 11.6 Å². The van der Waals surface area contributed by atoms with Crippen LogP contribution in [0.15, 0.2) is 24.7 Å². The first kappa shape index (κ1) is 13.9. The van der Waals surface area contributed by atoms with Crippen molar-refractivity contribution in [1.29, 1.82) is 0 Å². The molecule has 118 valence electrons. The number of H-pyrrole nitrogens is 1. The van der Waals surface area contributed by atoms with Crippen LogP contribution >= 0.6 is 0 Å². The summed E-state index contributed by atoms with van der Waals surface area (Å²) in [7, 11) is 0. The Hall–Kier alpha value is -2.70. The number of hydrogen-bond donors (Lipinski definition) is 2. The smallest absolute Gasteiger partial charge is 0.254 e. The molecular formula is C16H17N5O2. The second-order valence-electron chi connectivity index (χ2n) is 5.90. The number of imidazole rings is 1. The Morgan fingerprint density at radius 3 is 3.00 bits per heavy atom. The fourth-order valence-electron chi connectivity index (χ4n) is 3.39. The van der Waals surface area contributed by atoms with Crippen molar-refractivity contribution in [1.82, 2.24) is 19.9 Å². The highest BCUT2D eigenvalue weighted by molar-refractivity contribution is 6.04. The Labute approximate surface area is 133 Å². The molecular weight excluding hydrogens is 294 g/mol. The van der Waals surface area contributed by atoms with E-state index in [1.807, 2.05) is 4.90 Å². The van der Waals surface area contributed by atoms with E-state index in [2.05, 4.69) is 20.3 Å². The van der Waals surface area contributed by atoms with Gasteiger partial charge in [-0.05, 0) is 25.3 Å². The fraction of sp³-hybridized carbons (Fsp3) is 0.375. The first-order chi connectivity index (χ1) is 11.2. The van der Waals surface area contributed by atoms with Crippen molar-refractivity contribution >= 4 is 17.6 Å². The summed E-state index contributed by atoms with van der Waals surface area (Å²) in [6.45, 7) is 0.697. The van der Waals surface area contributed by atoms with Gasteiger partial charge in [-0.15, -0.1) is 0 Å². The van der Waals surface area contributed by atoms with Crippen molar-refractivity contribution in [2.45, 2.75) is 31.7 Å². The van der Waals surface area contributed by atoms with Gasteiger partial charge in [0.2, 0.25) is 5.91 Å². The normalized spacial score (nSPS) is 20.3. The maximum absolute atomic E-state index is 13.1. The molecule has 23 heavy (non-hydrogen) atoms. The molecule has 0 saturated carbocycles. The molecule has 0 bridgehead atoms. The molecule has 0 aliphatic carbocycles. The first-order valence-electron chi connectivity index (χ1n) is 7.82. The van der Waals surface area contributed by atoms with E-state index in [-0.39, 0.29) is 24.3 Å². The van der Waals surface area contributed by atoms with E-state index in [0.29, 0.717) is 23.5 Å². The number of amides is 2. The lowest BCUT2D eigenvalue weighted by molar-refractivity contribution is -0.115. The van der Waals surface area contributed by atoms with E-state index in [4.69, 9.17) is 0 Å². The molecule has 2 aliphatic heterocycles. The number of carbonyl (C=O) groups excluding carboxylic acids is 2. The van der Waals surface area contributed by atoms with Gasteiger partial charge >= 0.3 is 0 Å². The molecule has 4 rings (SSSR count). The number of pyridine rings is 1. The van der Waals surface area contributed by atoms with Gasteiger partial charge in [0.25, 0.3) is 5.91 Å². The largest absolute Gasteiger partial charge is 0.347 e. The maximum atomic E-state index is 13.1. The standard InChI is InChI=1S/C16H17N5O2/c22-13-9-11-10(4-5-17-14(11)20-13)16(23)21-8-2-1-3-12(21)15-18-6-7-19-15/h4-7,12H,1-3,8-9H2,(H,18,19)(H,17,20,22). The maximum Gasteiger partial charge on any atom is 0.254 e. The van der Waals surface area contributed by atoms with Gasteiger partial charge in [-0.2, -0.15) is 0 Å². The lowest BCUT2D eigenvalue weighted by atomic mass is 9.99. The minimum Gasteiger partial charge on any atom is -0.347 e. The van der Waals surface area contributed by atoms with Crippen LogP contribution < -0.4 is 5.32 Å². The number of aromatic amines is 1. The number of aromatic nitrogens is 3. The average Bonchev–Trinajstić information content (AvgIpc) is 3.22. The van der Waals surface area contributed by atoms with Crippen molar-refractivity contribution < 1.29 is 9.59 Å². The molecule has 2 aromatic heterocycles. The molecule has 7 heteroatoms. The summed E-state index contributed by atoms with van der Waals surface area (Å²) in [6, 6.07) is 1.66. The zero-order chi connectivity index (χ0) is 15.8. The molecule has 1 atom stereocenters. The Balaban J connectivity index is 1.68. The topological polar surface area (TPSA) is 91.0 Å². The van der Waals surface area contributed by atoms with E-state index in [1.54, 1.807) is 24.7 Å². The third-order valence-electron chi connectivity index (χ3n) is 4.48. The quantitative estimate of drug-likeness (QED) is 0.882. The van der Waals surface area contributed by atoms with Crippen LogP contribution in [0, 0.1) is 0 Å². The number of fused-ring (bicyclic) bond motifs is 1. The van der Waals surface area contributed by atoms with Gasteiger partial charge in [0.05, 0.1) is 12.5 Å². The fourth-order valence-corrected chi connectivity index (χ4v) is 3.39. The summed E-state index contributed by atoms with van der Waals surface area (Å²) in [6.07, 6.45) is 8.21. The number of likely N-dealkylation sites (tertiary alicyclic amines) is 1. The summed E-state index contributed by atoms with van der Waals surface area (Å²) >= 11 is 0. The number of nitrogens with zero attached hydrogens (tertiary/aromatic N) is 3. The third kappa shape index (κ3) is 2.38.